The second-order valence-corrected chi connectivity index (χ2v) is 5.73. The summed E-state index contributed by atoms with van der Waals surface area (Å²) in [6, 6.07) is 2.61. The summed E-state index contributed by atoms with van der Waals surface area (Å²) in [6.45, 7) is 0.551. The number of hydrogen-bond acceptors (Lipinski definition) is 3. The number of rotatable bonds is 3. The minimum atomic E-state index is -4.53. The number of anilines is 1. The largest absolute Gasteiger partial charge is 0.416 e. The predicted molar refractivity (Wildman–Crippen MR) is 89.1 cm³/mol. The number of piperidine rings is 1. The Morgan fingerprint density at radius 1 is 1.28 bits per heavy atom. The third-order valence-electron chi connectivity index (χ3n) is 3.93. The monoisotopic (exact) mass is 380 g/mol. The fraction of sp³-hybridized carbons (Fsp3) is 0.467. The molecule has 0 radical (unpaired) electrons. The van der Waals surface area contributed by atoms with Crippen molar-refractivity contribution in [2.75, 3.05) is 18.4 Å². The van der Waals surface area contributed by atoms with Gasteiger partial charge in [-0.05, 0) is 36.6 Å². The van der Waals surface area contributed by atoms with E-state index in [1.807, 2.05) is 0 Å². The van der Waals surface area contributed by atoms with E-state index < -0.39 is 29.6 Å². The molecule has 2 rings (SSSR count). The average molecular weight is 381 g/mol. The van der Waals surface area contributed by atoms with Crippen LogP contribution in [0.2, 0.25) is 0 Å². The standard InChI is InChI=1S/C15H19F3N4O2.ClH/c16-15(17,18)11-4-9(7-19)5-12(6-11)21-13(23)10-2-1-3-22(8-10)14(20)24;/h4-6,10H,1-3,7-8,19H2,(H2,20,24)(H,21,23);1H. The molecule has 140 valence electrons. The topological polar surface area (TPSA) is 101 Å². The molecule has 1 aliphatic heterocycles. The molecule has 1 saturated heterocycles. The van der Waals surface area contributed by atoms with E-state index in [0.29, 0.717) is 19.4 Å². The van der Waals surface area contributed by atoms with Gasteiger partial charge < -0.3 is 21.7 Å². The SMILES string of the molecule is Cl.NCc1cc(NC(=O)C2CCCN(C(N)=O)C2)cc(C(F)(F)F)c1. The molecule has 0 saturated carbocycles. The molecule has 0 aromatic heterocycles. The summed E-state index contributed by atoms with van der Waals surface area (Å²) in [5.74, 6) is -0.953. The Morgan fingerprint density at radius 2 is 1.96 bits per heavy atom. The second kappa shape index (κ2) is 8.39. The predicted octanol–water partition coefficient (Wildman–Crippen LogP) is 2.32. The number of hydrogen-bond donors (Lipinski definition) is 3. The second-order valence-electron chi connectivity index (χ2n) is 5.73. The van der Waals surface area contributed by atoms with Gasteiger partial charge in [-0.1, -0.05) is 0 Å². The number of carbonyl (C=O) groups excluding carboxylic acids is 2. The first-order valence-electron chi connectivity index (χ1n) is 7.47. The summed E-state index contributed by atoms with van der Waals surface area (Å²) >= 11 is 0. The van der Waals surface area contributed by atoms with Gasteiger partial charge in [0.1, 0.15) is 0 Å². The number of benzene rings is 1. The van der Waals surface area contributed by atoms with Crippen molar-refractivity contribution in [3.8, 4) is 0 Å². The summed E-state index contributed by atoms with van der Waals surface area (Å²) in [5, 5.41) is 2.49. The van der Waals surface area contributed by atoms with E-state index in [2.05, 4.69) is 5.32 Å². The van der Waals surface area contributed by atoms with Crippen molar-refractivity contribution in [2.24, 2.45) is 17.4 Å². The smallest absolute Gasteiger partial charge is 0.351 e. The van der Waals surface area contributed by atoms with E-state index in [9.17, 15) is 22.8 Å². The van der Waals surface area contributed by atoms with Crippen molar-refractivity contribution >= 4 is 30.0 Å². The van der Waals surface area contributed by atoms with Crippen LogP contribution < -0.4 is 16.8 Å². The van der Waals surface area contributed by atoms with Gasteiger partial charge in [0.2, 0.25) is 5.91 Å². The molecule has 1 heterocycles. The van der Waals surface area contributed by atoms with Gasteiger partial charge in [-0.3, -0.25) is 4.79 Å². The fourth-order valence-corrected chi connectivity index (χ4v) is 2.68. The number of nitrogens with zero attached hydrogens (tertiary/aromatic N) is 1. The molecule has 1 aliphatic rings. The maximum Gasteiger partial charge on any atom is 0.416 e. The number of urea groups is 1. The summed E-state index contributed by atoms with van der Waals surface area (Å²) in [7, 11) is 0. The van der Waals surface area contributed by atoms with Crippen LogP contribution in [0.15, 0.2) is 18.2 Å². The zero-order chi connectivity index (χ0) is 17.9. The van der Waals surface area contributed by atoms with Gasteiger partial charge in [-0.25, -0.2) is 4.79 Å². The molecule has 25 heavy (non-hydrogen) atoms. The van der Waals surface area contributed by atoms with Crippen LogP contribution in [0.1, 0.15) is 24.0 Å². The van der Waals surface area contributed by atoms with Gasteiger partial charge in [0.15, 0.2) is 0 Å². The molecule has 0 aliphatic carbocycles. The Morgan fingerprint density at radius 3 is 2.52 bits per heavy atom. The van der Waals surface area contributed by atoms with Crippen molar-refractivity contribution in [1.82, 2.24) is 4.90 Å². The number of carbonyl (C=O) groups is 2. The van der Waals surface area contributed by atoms with Gasteiger partial charge in [-0.2, -0.15) is 13.2 Å². The van der Waals surface area contributed by atoms with Gasteiger partial charge in [0, 0.05) is 25.3 Å². The minimum absolute atomic E-state index is 0. The van der Waals surface area contributed by atoms with Crippen LogP contribution >= 0.6 is 12.4 Å². The zero-order valence-electron chi connectivity index (χ0n) is 13.3. The molecule has 1 fully saturated rings. The summed E-state index contributed by atoms with van der Waals surface area (Å²) in [6.07, 6.45) is -3.38. The lowest BCUT2D eigenvalue weighted by molar-refractivity contribution is -0.137. The van der Waals surface area contributed by atoms with Crippen LogP contribution in [0.3, 0.4) is 0 Å². The quantitative estimate of drug-likeness (QED) is 0.749. The van der Waals surface area contributed by atoms with E-state index >= 15 is 0 Å². The van der Waals surface area contributed by atoms with Crippen molar-refractivity contribution in [3.63, 3.8) is 0 Å². The molecule has 1 atom stereocenters. The Hall–Kier alpha value is -2.00. The van der Waals surface area contributed by atoms with E-state index in [0.717, 1.165) is 12.1 Å². The van der Waals surface area contributed by atoms with E-state index in [1.165, 1.54) is 11.0 Å². The summed E-state index contributed by atoms with van der Waals surface area (Å²) in [5.41, 5.74) is 10.0. The van der Waals surface area contributed by atoms with Crippen LogP contribution in [-0.2, 0) is 17.5 Å². The van der Waals surface area contributed by atoms with E-state index in [-0.39, 0.29) is 36.7 Å². The molecule has 3 amide bonds. The highest BCUT2D eigenvalue weighted by Gasteiger charge is 2.32. The molecule has 6 nitrogen and oxygen atoms in total. The normalized spacial score (nSPS) is 17.6. The first-order valence-corrected chi connectivity index (χ1v) is 7.47. The summed E-state index contributed by atoms with van der Waals surface area (Å²) in [4.78, 5) is 24.8. The first-order chi connectivity index (χ1) is 11.2. The first kappa shape index (κ1) is 21.0. The third-order valence-corrected chi connectivity index (χ3v) is 3.93. The number of likely N-dealkylation sites (tertiary alicyclic amines) is 1. The third kappa shape index (κ3) is 5.50. The Labute approximate surface area is 149 Å². The van der Waals surface area contributed by atoms with Crippen molar-refractivity contribution in [3.05, 3.63) is 29.3 Å². The molecular weight excluding hydrogens is 361 g/mol. The molecule has 10 heteroatoms. The van der Waals surface area contributed by atoms with Gasteiger partial charge >= 0.3 is 12.2 Å². The van der Waals surface area contributed by atoms with Crippen LogP contribution in [-0.4, -0.2) is 29.9 Å². The number of amides is 3. The molecule has 1 aromatic carbocycles. The van der Waals surface area contributed by atoms with E-state index in [1.54, 1.807) is 0 Å². The molecular formula is C15H20ClF3N4O2. The lowest BCUT2D eigenvalue weighted by Gasteiger charge is -2.30. The number of primary amides is 1. The highest BCUT2D eigenvalue weighted by molar-refractivity contribution is 5.93. The number of halogens is 4. The highest BCUT2D eigenvalue weighted by Crippen LogP contribution is 2.32. The number of nitrogens with two attached hydrogens (primary N) is 2. The van der Waals surface area contributed by atoms with Gasteiger partial charge in [0.25, 0.3) is 0 Å². The maximum atomic E-state index is 12.9. The molecule has 0 bridgehead atoms. The number of alkyl halides is 3. The Kier molecular flexibility index (Phi) is 7.06. The Balaban J connectivity index is 0.00000312. The van der Waals surface area contributed by atoms with Crippen molar-refractivity contribution < 1.29 is 22.8 Å². The lowest BCUT2D eigenvalue weighted by atomic mass is 9.97. The highest BCUT2D eigenvalue weighted by atomic mass is 35.5. The maximum absolute atomic E-state index is 12.9. The average Bonchev–Trinajstić information content (AvgIpc) is 2.53. The minimum Gasteiger partial charge on any atom is -0.351 e. The van der Waals surface area contributed by atoms with Gasteiger partial charge in [-0.15, -0.1) is 12.4 Å². The molecule has 5 N–H and O–H groups in total. The van der Waals surface area contributed by atoms with Crippen LogP contribution in [0.25, 0.3) is 0 Å². The Bertz CT molecular complexity index is 640. The van der Waals surface area contributed by atoms with Crippen LogP contribution in [0.4, 0.5) is 23.7 Å². The van der Waals surface area contributed by atoms with Crippen molar-refractivity contribution in [2.45, 2.75) is 25.6 Å². The molecule has 0 spiro atoms. The summed E-state index contributed by atoms with van der Waals surface area (Å²) < 4.78 is 38.7. The zero-order valence-corrected chi connectivity index (χ0v) is 14.1. The molecule has 1 unspecified atom stereocenters. The lowest BCUT2D eigenvalue weighted by Crippen LogP contribution is -2.46. The van der Waals surface area contributed by atoms with E-state index in [4.69, 9.17) is 11.5 Å². The molecule has 1 aromatic rings. The van der Waals surface area contributed by atoms with Gasteiger partial charge in [0.05, 0.1) is 11.5 Å². The van der Waals surface area contributed by atoms with Crippen molar-refractivity contribution in [1.29, 1.82) is 0 Å². The fourth-order valence-electron chi connectivity index (χ4n) is 2.68. The number of nitrogens with one attached hydrogen (secondary N) is 1. The van der Waals surface area contributed by atoms with Crippen LogP contribution in [0, 0.1) is 5.92 Å². The van der Waals surface area contributed by atoms with Crippen LogP contribution in [0.5, 0.6) is 0 Å².